The molecule has 1 unspecified atom stereocenters. The standard InChI is InChI=1S/C16H19N5/c1-13(18-11-15-7-9-20(2)19-15)14-3-5-16(6-4-14)21-10-8-17-12-21/h3-10,12-13,18H,11H2,1-2H3. The molecule has 1 N–H and O–H groups in total. The van der Waals surface area contributed by atoms with Gasteiger partial charge in [0, 0.05) is 43.9 Å². The number of hydrogen-bond acceptors (Lipinski definition) is 3. The van der Waals surface area contributed by atoms with Crippen molar-refractivity contribution in [2.45, 2.75) is 19.5 Å². The molecule has 0 saturated carbocycles. The summed E-state index contributed by atoms with van der Waals surface area (Å²) in [7, 11) is 1.93. The van der Waals surface area contributed by atoms with E-state index in [0.717, 1.165) is 17.9 Å². The predicted molar refractivity (Wildman–Crippen MR) is 82.0 cm³/mol. The van der Waals surface area contributed by atoms with Gasteiger partial charge in [-0.15, -0.1) is 0 Å². The van der Waals surface area contributed by atoms with Crippen LogP contribution in [0.25, 0.3) is 5.69 Å². The molecule has 21 heavy (non-hydrogen) atoms. The Kier molecular flexibility index (Phi) is 3.83. The molecule has 3 aromatic rings. The topological polar surface area (TPSA) is 47.7 Å². The van der Waals surface area contributed by atoms with E-state index in [1.807, 2.05) is 34.8 Å². The van der Waals surface area contributed by atoms with Crippen LogP contribution >= 0.6 is 0 Å². The summed E-state index contributed by atoms with van der Waals surface area (Å²) in [4.78, 5) is 4.06. The van der Waals surface area contributed by atoms with E-state index in [4.69, 9.17) is 0 Å². The molecule has 0 saturated heterocycles. The number of nitrogens with zero attached hydrogens (tertiary/aromatic N) is 4. The Balaban J connectivity index is 1.63. The molecule has 0 spiro atoms. The van der Waals surface area contributed by atoms with Crippen LogP contribution in [0.15, 0.2) is 55.2 Å². The fourth-order valence-electron chi connectivity index (χ4n) is 2.28. The SMILES string of the molecule is CC(NCc1ccn(C)n1)c1ccc(-n2ccnc2)cc1. The molecule has 0 aliphatic rings. The molecular formula is C16H19N5. The van der Waals surface area contributed by atoms with Crippen molar-refractivity contribution in [1.29, 1.82) is 0 Å². The quantitative estimate of drug-likeness (QED) is 0.781. The van der Waals surface area contributed by atoms with Crippen LogP contribution in [0.1, 0.15) is 24.2 Å². The summed E-state index contributed by atoms with van der Waals surface area (Å²) in [5.74, 6) is 0. The Morgan fingerprint density at radius 3 is 2.57 bits per heavy atom. The second-order valence-electron chi connectivity index (χ2n) is 5.14. The molecule has 2 aromatic heterocycles. The second kappa shape index (κ2) is 5.93. The fourth-order valence-corrected chi connectivity index (χ4v) is 2.28. The first-order valence-corrected chi connectivity index (χ1v) is 7.02. The smallest absolute Gasteiger partial charge is 0.0991 e. The lowest BCUT2D eigenvalue weighted by Crippen LogP contribution is -2.18. The van der Waals surface area contributed by atoms with E-state index in [9.17, 15) is 0 Å². The van der Waals surface area contributed by atoms with E-state index in [1.54, 1.807) is 12.5 Å². The number of imidazole rings is 1. The van der Waals surface area contributed by atoms with Crippen LogP contribution < -0.4 is 5.32 Å². The van der Waals surface area contributed by atoms with Gasteiger partial charge in [0.2, 0.25) is 0 Å². The summed E-state index contributed by atoms with van der Waals surface area (Å²) in [5.41, 5.74) is 3.43. The maximum absolute atomic E-state index is 4.37. The van der Waals surface area contributed by atoms with Crippen LogP contribution in [0.2, 0.25) is 0 Å². The minimum absolute atomic E-state index is 0.281. The van der Waals surface area contributed by atoms with Gasteiger partial charge in [-0.05, 0) is 30.7 Å². The lowest BCUT2D eigenvalue weighted by Gasteiger charge is -2.14. The van der Waals surface area contributed by atoms with E-state index in [1.165, 1.54) is 5.56 Å². The zero-order valence-corrected chi connectivity index (χ0v) is 12.3. The molecule has 5 nitrogen and oxygen atoms in total. The number of hydrogen-bond donors (Lipinski definition) is 1. The fraction of sp³-hybridized carbons (Fsp3) is 0.250. The summed E-state index contributed by atoms with van der Waals surface area (Å²) >= 11 is 0. The monoisotopic (exact) mass is 281 g/mol. The third kappa shape index (κ3) is 3.20. The van der Waals surface area contributed by atoms with Gasteiger partial charge in [0.25, 0.3) is 0 Å². The summed E-state index contributed by atoms with van der Waals surface area (Å²) in [5, 5.41) is 7.86. The first kappa shape index (κ1) is 13.6. The lowest BCUT2D eigenvalue weighted by molar-refractivity contribution is 0.562. The average molecular weight is 281 g/mol. The number of rotatable bonds is 5. The highest BCUT2D eigenvalue weighted by molar-refractivity contribution is 5.35. The maximum Gasteiger partial charge on any atom is 0.0991 e. The number of benzene rings is 1. The molecule has 0 aliphatic carbocycles. The van der Waals surface area contributed by atoms with E-state index >= 15 is 0 Å². The van der Waals surface area contributed by atoms with Gasteiger partial charge in [-0.3, -0.25) is 4.68 Å². The number of nitrogens with one attached hydrogen (secondary N) is 1. The molecular weight excluding hydrogens is 262 g/mol. The summed E-state index contributed by atoms with van der Waals surface area (Å²) in [6.45, 7) is 2.93. The Hall–Kier alpha value is -2.40. The van der Waals surface area contributed by atoms with Crippen molar-refractivity contribution in [3.05, 3.63) is 66.5 Å². The predicted octanol–water partition coefficient (Wildman–Crippen LogP) is 2.46. The highest BCUT2D eigenvalue weighted by Crippen LogP contribution is 2.16. The van der Waals surface area contributed by atoms with Crippen molar-refractivity contribution in [3.8, 4) is 5.69 Å². The van der Waals surface area contributed by atoms with Gasteiger partial charge in [0.1, 0.15) is 0 Å². The largest absolute Gasteiger partial charge is 0.306 e. The van der Waals surface area contributed by atoms with Crippen molar-refractivity contribution in [3.63, 3.8) is 0 Å². The number of aryl methyl sites for hydroxylation is 1. The molecule has 0 fully saturated rings. The van der Waals surface area contributed by atoms with Crippen LogP contribution in [0.4, 0.5) is 0 Å². The average Bonchev–Trinajstić information content (AvgIpc) is 3.16. The molecule has 3 rings (SSSR count). The van der Waals surface area contributed by atoms with Gasteiger partial charge < -0.3 is 9.88 Å². The van der Waals surface area contributed by atoms with E-state index in [0.29, 0.717) is 0 Å². The van der Waals surface area contributed by atoms with Gasteiger partial charge in [-0.25, -0.2) is 4.98 Å². The summed E-state index contributed by atoms with van der Waals surface area (Å²) in [6, 6.07) is 10.8. The number of aromatic nitrogens is 4. The first-order chi connectivity index (χ1) is 10.2. The normalized spacial score (nSPS) is 12.5. The minimum atomic E-state index is 0.281. The molecule has 0 amide bonds. The van der Waals surface area contributed by atoms with Gasteiger partial charge in [0.05, 0.1) is 12.0 Å². The Bertz CT molecular complexity index is 682. The van der Waals surface area contributed by atoms with Crippen molar-refractivity contribution >= 4 is 0 Å². The summed E-state index contributed by atoms with van der Waals surface area (Å²) in [6.07, 6.45) is 7.49. The van der Waals surface area contributed by atoms with Gasteiger partial charge >= 0.3 is 0 Å². The molecule has 1 atom stereocenters. The van der Waals surface area contributed by atoms with Crippen molar-refractivity contribution in [1.82, 2.24) is 24.6 Å². The van der Waals surface area contributed by atoms with Gasteiger partial charge in [-0.1, -0.05) is 12.1 Å². The Morgan fingerprint density at radius 2 is 1.95 bits per heavy atom. The van der Waals surface area contributed by atoms with Crippen LogP contribution in [-0.4, -0.2) is 19.3 Å². The third-order valence-corrected chi connectivity index (χ3v) is 3.55. The Morgan fingerprint density at radius 1 is 1.14 bits per heavy atom. The van der Waals surface area contributed by atoms with Gasteiger partial charge in [0.15, 0.2) is 0 Å². The van der Waals surface area contributed by atoms with Crippen LogP contribution in [0.3, 0.4) is 0 Å². The van der Waals surface area contributed by atoms with Gasteiger partial charge in [-0.2, -0.15) is 5.10 Å². The Labute approximate surface area is 124 Å². The van der Waals surface area contributed by atoms with Crippen LogP contribution in [0.5, 0.6) is 0 Å². The van der Waals surface area contributed by atoms with Crippen molar-refractivity contribution < 1.29 is 0 Å². The van der Waals surface area contributed by atoms with Crippen molar-refractivity contribution in [2.24, 2.45) is 7.05 Å². The lowest BCUT2D eigenvalue weighted by atomic mass is 10.1. The third-order valence-electron chi connectivity index (χ3n) is 3.55. The second-order valence-corrected chi connectivity index (χ2v) is 5.14. The zero-order valence-electron chi connectivity index (χ0n) is 12.3. The van der Waals surface area contributed by atoms with Crippen LogP contribution in [-0.2, 0) is 13.6 Å². The maximum atomic E-state index is 4.37. The zero-order chi connectivity index (χ0) is 14.7. The van der Waals surface area contributed by atoms with E-state index in [-0.39, 0.29) is 6.04 Å². The van der Waals surface area contributed by atoms with E-state index < -0.39 is 0 Å². The summed E-state index contributed by atoms with van der Waals surface area (Å²) < 4.78 is 3.82. The van der Waals surface area contributed by atoms with Crippen LogP contribution in [0, 0.1) is 0 Å². The first-order valence-electron chi connectivity index (χ1n) is 7.02. The minimum Gasteiger partial charge on any atom is -0.306 e. The molecule has 5 heteroatoms. The molecule has 0 aliphatic heterocycles. The van der Waals surface area contributed by atoms with E-state index in [2.05, 4.69) is 46.6 Å². The molecule has 0 bridgehead atoms. The molecule has 1 aromatic carbocycles. The highest BCUT2D eigenvalue weighted by Gasteiger charge is 2.06. The highest BCUT2D eigenvalue weighted by atomic mass is 15.3. The molecule has 2 heterocycles. The molecule has 108 valence electrons. The molecule has 0 radical (unpaired) electrons. The van der Waals surface area contributed by atoms with Crippen molar-refractivity contribution in [2.75, 3.05) is 0 Å².